The van der Waals surface area contributed by atoms with Gasteiger partial charge in [-0.3, -0.25) is 0 Å². The molecule has 0 atom stereocenters. The number of hydrogen-bond donors (Lipinski definition) is 3. The van der Waals surface area contributed by atoms with Gasteiger partial charge in [0.15, 0.2) is 5.82 Å². The maximum Gasteiger partial charge on any atom is 0.268 e. The van der Waals surface area contributed by atoms with Crippen molar-refractivity contribution >= 4 is 5.82 Å². The lowest BCUT2D eigenvalue weighted by molar-refractivity contribution is 0.281. The van der Waals surface area contributed by atoms with Gasteiger partial charge in [0.2, 0.25) is 5.75 Å². The Morgan fingerprint density at radius 3 is 2.58 bits per heavy atom. The zero-order chi connectivity index (χ0) is 13.7. The van der Waals surface area contributed by atoms with E-state index in [2.05, 4.69) is 15.4 Å². The van der Waals surface area contributed by atoms with Gasteiger partial charge in [0.05, 0.1) is 13.7 Å². The molecular weight excluding hydrogens is 248 g/mol. The molecule has 0 amide bonds. The number of rotatable bonds is 5. The van der Waals surface area contributed by atoms with Gasteiger partial charge in [0.25, 0.3) is 5.88 Å². The molecule has 7 heteroatoms. The molecule has 2 rings (SSSR count). The molecule has 0 unspecified atom stereocenters. The highest BCUT2D eigenvalue weighted by molar-refractivity contribution is 5.55. The van der Waals surface area contributed by atoms with Crippen LogP contribution in [0.1, 0.15) is 5.56 Å². The fraction of sp³-hybridized carbons (Fsp3) is 0.167. The van der Waals surface area contributed by atoms with E-state index in [-0.39, 0.29) is 12.5 Å². The number of ether oxygens (including phenoxy) is 2. The van der Waals surface area contributed by atoms with Crippen LogP contribution in [0.25, 0.3) is 0 Å². The molecule has 1 heterocycles. The van der Waals surface area contributed by atoms with E-state index in [0.717, 1.165) is 5.56 Å². The third-order valence-electron chi connectivity index (χ3n) is 2.43. The van der Waals surface area contributed by atoms with E-state index in [1.165, 1.54) is 13.4 Å². The first-order valence-corrected chi connectivity index (χ1v) is 5.51. The minimum absolute atomic E-state index is 0.0155. The summed E-state index contributed by atoms with van der Waals surface area (Å²) in [6, 6.07) is 6.96. The predicted octanol–water partition coefficient (Wildman–Crippen LogP) is 1.06. The lowest BCUT2D eigenvalue weighted by atomic mass is 10.2. The molecule has 7 nitrogen and oxygen atoms in total. The normalized spacial score (nSPS) is 10.1. The van der Waals surface area contributed by atoms with Crippen molar-refractivity contribution in [2.24, 2.45) is 5.84 Å². The number of benzene rings is 1. The van der Waals surface area contributed by atoms with Gasteiger partial charge >= 0.3 is 0 Å². The van der Waals surface area contributed by atoms with E-state index in [9.17, 15) is 0 Å². The average molecular weight is 262 g/mol. The van der Waals surface area contributed by atoms with Crippen LogP contribution in [0.3, 0.4) is 0 Å². The molecule has 2 aromatic rings. The highest BCUT2D eigenvalue weighted by Crippen LogP contribution is 2.33. The van der Waals surface area contributed by atoms with Gasteiger partial charge in [-0.1, -0.05) is 12.1 Å². The Kier molecular flexibility index (Phi) is 4.11. The second-order valence-corrected chi connectivity index (χ2v) is 3.61. The number of aliphatic hydroxyl groups is 1. The fourth-order valence-corrected chi connectivity index (χ4v) is 1.49. The SMILES string of the molecule is COc1c(NN)ncnc1Oc1ccc(CO)cc1. The number of methoxy groups -OCH3 is 1. The summed E-state index contributed by atoms with van der Waals surface area (Å²) in [5.74, 6) is 6.79. The van der Waals surface area contributed by atoms with Crippen molar-refractivity contribution in [2.45, 2.75) is 6.61 Å². The minimum Gasteiger partial charge on any atom is -0.489 e. The predicted molar refractivity (Wildman–Crippen MR) is 68.8 cm³/mol. The molecule has 0 aliphatic rings. The minimum atomic E-state index is -0.0155. The van der Waals surface area contributed by atoms with Crippen LogP contribution in [-0.4, -0.2) is 22.2 Å². The van der Waals surface area contributed by atoms with Gasteiger partial charge in [-0.25, -0.2) is 10.8 Å². The van der Waals surface area contributed by atoms with Crippen LogP contribution in [-0.2, 0) is 6.61 Å². The van der Waals surface area contributed by atoms with E-state index in [1.807, 2.05) is 0 Å². The molecular formula is C12H14N4O3. The van der Waals surface area contributed by atoms with Crippen LogP contribution < -0.4 is 20.7 Å². The molecule has 0 aliphatic heterocycles. The van der Waals surface area contributed by atoms with Crippen molar-refractivity contribution in [3.8, 4) is 17.4 Å². The summed E-state index contributed by atoms with van der Waals surface area (Å²) >= 11 is 0. The van der Waals surface area contributed by atoms with Crippen LogP contribution in [0, 0.1) is 0 Å². The number of hydrazine groups is 1. The summed E-state index contributed by atoms with van der Waals surface area (Å²) < 4.78 is 10.7. The Labute approximate surface area is 110 Å². The van der Waals surface area contributed by atoms with Gasteiger partial charge < -0.3 is 20.0 Å². The molecule has 0 saturated heterocycles. The quantitative estimate of drug-likeness (QED) is 0.546. The van der Waals surface area contributed by atoms with Crippen molar-refractivity contribution in [3.05, 3.63) is 36.2 Å². The zero-order valence-electron chi connectivity index (χ0n) is 10.3. The Morgan fingerprint density at radius 2 is 2.00 bits per heavy atom. The summed E-state index contributed by atoms with van der Waals surface area (Å²) in [7, 11) is 1.47. The molecule has 1 aromatic carbocycles. The lowest BCUT2D eigenvalue weighted by Gasteiger charge is -2.11. The summed E-state index contributed by atoms with van der Waals surface area (Å²) in [5.41, 5.74) is 3.20. The molecule has 0 radical (unpaired) electrons. The van der Waals surface area contributed by atoms with E-state index >= 15 is 0 Å². The first-order chi connectivity index (χ1) is 9.28. The van der Waals surface area contributed by atoms with Crippen LogP contribution in [0.15, 0.2) is 30.6 Å². The second kappa shape index (κ2) is 5.98. The maximum atomic E-state index is 8.97. The summed E-state index contributed by atoms with van der Waals surface area (Å²) in [5, 5.41) is 8.97. The number of aliphatic hydroxyl groups excluding tert-OH is 1. The first-order valence-electron chi connectivity index (χ1n) is 5.51. The Morgan fingerprint density at radius 1 is 1.26 bits per heavy atom. The molecule has 0 aliphatic carbocycles. The maximum absolute atomic E-state index is 8.97. The zero-order valence-corrected chi connectivity index (χ0v) is 10.3. The number of nitrogens with one attached hydrogen (secondary N) is 1. The number of nitrogens with zero attached hydrogens (tertiary/aromatic N) is 2. The first kappa shape index (κ1) is 13.1. The third kappa shape index (κ3) is 2.90. The monoisotopic (exact) mass is 262 g/mol. The van der Waals surface area contributed by atoms with Gasteiger partial charge in [0.1, 0.15) is 12.1 Å². The Balaban J connectivity index is 2.26. The molecule has 0 fully saturated rings. The number of aromatic nitrogens is 2. The Hall–Kier alpha value is -2.38. The van der Waals surface area contributed by atoms with E-state index in [0.29, 0.717) is 17.3 Å². The smallest absolute Gasteiger partial charge is 0.268 e. The van der Waals surface area contributed by atoms with Crippen LogP contribution in [0.5, 0.6) is 17.4 Å². The summed E-state index contributed by atoms with van der Waals surface area (Å²) in [6.07, 6.45) is 1.31. The van der Waals surface area contributed by atoms with E-state index in [4.69, 9.17) is 20.4 Å². The van der Waals surface area contributed by atoms with E-state index < -0.39 is 0 Å². The van der Waals surface area contributed by atoms with Crippen molar-refractivity contribution in [1.82, 2.24) is 9.97 Å². The van der Waals surface area contributed by atoms with Gasteiger partial charge in [-0.2, -0.15) is 4.98 Å². The van der Waals surface area contributed by atoms with E-state index in [1.54, 1.807) is 24.3 Å². The number of anilines is 1. The standard InChI is InChI=1S/C12H14N4O3/c1-18-10-11(16-13)14-7-15-12(10)19-9-4-2-8(6-17)3-5-9/h2-5,7,17H,6,13H2,1H3,(H,14,15,16). The molecule has 100 valence electrons. The highest BCUT2D eigenvalue weighted by atomic mass is 16.5. The topological polar surface area (TPSA) is 103 Å². The molecule has 0 bridgehead atoms. The van der Waals surface area contributed by atoms with Crippen molar-refractivity contribution < 1.29 is 14.6 Å². The summed E-state index contributed by atoms with van der Waals surface area (Å²) in [4.78, 5) is 7.91. The number of nitrogen functional groups attached to an aromatic ring is 1. The molecule has 1 aromatic heterocycles. The molecule has 4 N–H and O–H groups in total. The molecule has 0 saturated carbocycles. The van der Waals surface area contributed by atoms with Crippen molar-refractivity contribution in [2.75, 3.05) is 12.5 Å². The summed E-state index contributed by atoms with van der Waals surface area (Å²) in [6.45, 7) is -0.0155. The van der Waals surface area contributed by atoms with Crippen LogP contribution in [0.4, 0.5) is 5.82 Å². The molecule has 0 spiro atoms. The highest BCUT2D eigenvalue weighted by Gasteiger charge is 2.13. The Bertz CT molecular complexity index is 545. The number of nitrogens with two attached hydrogens (primary N) is 1. The second-order valence-electron chi connectivity index (χ2n) is 3.61. The van der Waals surface area contributed by atoms with Gasteiger partial charge in [-0.15, -0.1) is 0 Å². The number of hydrogen-bond acceptors (Lipinski definition) is 7. The largest absolute Gasteiger partial charge is 0.489 e. The molecule has 19 heavy (non-hydrogen) atoms. The van der Waals surface area contributed by atoms with Crippen molar-refractivity contribution in [3.63, 3.8) is 0 Å². The van der Waals surface area contributed by atoms with Crippen LogP contribution >= 0.6 is 0 Å². The third-order valence-corrected chi connectivity index (χ3v) is 2.43. The van der Waals surface area contributed by atoms with Gasteiger partial charge in [-0.05, 0) is 17.7 Å². The fourth-order valence-electron chi connectivity index (χ4n) is 1.49. The lowest BCUT2D eigenvalue weighted by Crippen LogP contribution is -2.10. The van der Waals surface area contributed by atoms with Crippen LogP contribution in [0.2, 0.25) is 0 Å². The average Bonchev–Trinajstić information content (AvgIpc) is 2.47. The van der Waals surface area contributed by atoms with Gasteiger partial charge in [0, 0.05) is 0 Å². The van der Waals surface area contributed by atoms with Crippen molar-refractivity contribution in [1.29, 1.82) is 0 Å².